The maximum atomic E-state index is 11.8. The summed E-state index contributed by atoms with van der Waals surface area (Å²) < 4.78 is 0. The third-order valence-corrected chi connectivity index (χ3v) is 2.96. The predicted octanol–water partition coefficient (Wildman–Crippen LogP) is -0.195. The molecule has 0 aromatic heterocycles. The molecule has 0 radical (unpaired) electrons. The van der Waals surface area contributed by atoms with Crippen LogP contribution in [0.15, 0.2) is 0 Å². The molecule has 5 nitrogen and oxygen atoms in total. The Balaban J connectivity index is 2.40. The first kappa shape index (κ1) is 13.0. The van der Waals surface area contributed by atoms with Crippen molar-refractivity contribution in [3.8, 4) is 0 Å². The van der Waals surface area contributed by atoms with E-state index in [1.165, 1.54) is 4.90 Å². The Morgan fingerprint density at radius 3 is 2.44 bits per heavy atom. The van der Waals surface area contributed by atoms with E-state index in [0.717, 1.165) is 25.9 Å². The number of likely N-dealkylation sites (N-methyl/N-ethyl adjacent to an activating group) is 1. The molecule has 0 saturated carbocycles. The van der Waals surface area contributed by atoms with Gasteiger partial charge in [0, 0.05) is 20.1 Å². The first-order valence-electron chi connectivity index (χ1n) is 5.84. The number of nitrogens with two attached hydrogens (primary N) is 1. The Morgan fingerprint density at radius 2 is 1.94 bits per heavy atom. The van der Waals surface area contributed by atoms with Crippen molar-refractivity contribution in [3.63, 3.8) is 0 Å². The van der Waals surface area contributed by atoms with Crippen LogP contribution in [0.25, 0.3) is 0 Å². The zero-order chi connectivity index (χ0) is 12.1. The van der Waals surface area contributed by atoms with E-state index in [2.05, 4.69) is 0 Å². The fourth-order valence-corrected chi connectivity index (χ4v) is 1.81. The minimum Gasteiger partial charge on any atom is -0.341 e. The lowest BCUT2D eigenvalue weighted by atomic mass is 10.2. The van der Waals surface area contributed by atoms with Gasteiger partial charge < -0.3 is 15.5 Å². The van der Waals surface area contributed by atoms with Gasteiger partial charge in [-0.25, -0.2) is 0 Å². The highest BCUT2D eigenvalue weighted by molar-refractivity contribution is 5.87. The van der Waals surface area contributed by atoms with Gasteiger partial charge in [0.1, 0.15) is 0 Å². The molecule has 0 spiro atoms. The van der Waals surface area contributed by atoms with Crippen LogP contribution in [-0.4, -0.2) is 54.3 Å². The second-order valence-electron chi connectivity index (χ2n) is 4.30. The molecule has 1 saturated heterocycles. The molecule has 92 valence electrons. The number of hydrogen-bond donors (Lipinski definition) is 1. The fraction of sp³-hybridized carbons (Fsp3) is 0.818. The van der Waals surface area contributed by atoms with Gasteiger partial charge in [-0.2, -0.15) is 0 Å². The summed E-state index contributed by atoms with van der Waals surface area (Å²) in [6, 6.07) is -0.489. The molecule has 1 unspecified atom stereocenters. The minimum atomic E-state index is -0.489. The molecular formula is C11H21N3O2. The van der Waals surface area contributed by atoms with Gasteiger partial charge in [0.2, 0.25) is 11.8 Å². The summed E-state index contributed by atoms with van der Waals surface area (Å²) in [5.41, 5.74) is 5.63. The van der Waals surface area contributed by atoms with Crippen LogP contribution in [0.2, 0.25) is 0 Å². The third-order valence-electron chi connectivity index (χ3n) is 2.96. The number of nitrogens with zero attached hydrogens (tertiary/aromatic N) is 2. The van der Waals surface area contributed by atoms with Gasteiger partial charge in [0.15, 0.2) is 0 Å². The molecule has 1 atom stereocenters. The third kappa shape index (κ3) is 3.20. The van der Waals surface area contributed by atoms with E-state index < -0.39 is 6.04 Å². The van der Waals surface area contributed by atoms with Gasteiger partial charge >= 0.3 is 0 Å². The zero-order valence-corrected chi connectivity index (χ0v) is 10.1. The van der Waals surface area contributed by atoms with E-state index in [1.54, 1.807) is 11.9 Å². The van der Waals surface area contributed by atoms with E-state index in [-0.39, 0.29) is 18.4 Å². The Hall–Kier alpha value is -1.10. The van der Waals surface area contributed by atoms with Crippen LogP contribution >= 0.6 is 0 Å². The van der Waals surface area contributed by atoms with Crippen molar-refractivity contribution < 1.29 is 9.59 Å². The highest BCUT2D eigenvalue weighted by Crippen LogP contribution is 2.08. The summed E-state index contributed by atoms with van der Waals surface area (Å²) in [6.45, 7) is 3.65. The Bertz CT molecular complexity index is 262. The average Bonchev–Trinajstić information content (AvgIpc) is 2.80. The first-order valence-corrected chi connectivity index (χ1v) is 5.84. The molecule has 0 aliphatic carbocycles. The van der Waals surface area contributed by atoms with Crippen LogP contribution in [0.1, 0.15) is 26.2 Å². The highest BCUT2D eigenvalue weighted by Gasteiger charge is 2.23. The van der Waals surface area contributed by atoms with E-state index in [0.29, 0.717) is 6.42 Å². The molecule has 1 aliphatic rings. The quantitative estimate of drug-likeness (QED) is 0.723. The monoisotopic (exact) mass is 227 g/mol. The van der Waals surface area contributed by atoms with Gasteiger partial charge in [-0.1, -0.05) is 6.92 Å². The van der Waals surface area contributed by atoms with Crippen molar-refractivity contribution in [3.05, 3.63) is 0 Å². The van der Waals surface area contributed by atoms with Gasteiger partial charge in [0.25, 0.3) is 0 Å². The van der Waals surface area contributed by atoms with Gasteiger partial charge in [-0.3, -0.25) is 9.59 Å². The Kier molecular flexibility index (Phi) is 4.73. The lowest BCUT2D eigenvalue weighted by molar-refractivity contribution is -0.139. The maximum Gasteiger partial charge on any atom is 0.242 e. The van der Waals surface area contributed by atoms with Crippen molar-refractivity contribution in [1.82, 2.24) is 9.80 Å². The topological polar surface area (TPSA) is 66.6 Å². The number of hydrogen-bond acceptors (Lipinski definition) is 3. The summed E-state index contributed by atoms with van der Waals surface area (Å²) >= 11 is 0. The van der Waals surface area contributed by atoms with Crippen LogP contribution in [0.3, 0.4) is 0 Å². The van der Waals surface area contributed by atoms with Crippen molar-refractivity contribution in [1.29, 1.82) is 0 Å². The molecule has 16 heavy (non-hydrogen) atoms. The fourth-order valence-electron chi connectivity index (χ4n) is 1.81. The van der Waals surface area contributed by atoms with E-state index in [1.807, 2.05) is 6.92 Å². The lowest BCUT2D eigenvalue weighted by Crippen LogP contribution is -2.46. The largest absolute Gasteiger partial charge is 0.341 e. The molecular weight excluding hydrogens is 206 g/mol. The SMILES string of the molecule is CCC(N)C(=O)N(C)CC(=O)N1CCCC1. The van der Waals surface area contributed by atoms with Crippen molar-refractivity contribution >= 4 is 11.8 Å². The molecule has 0 aromatic carbocycles. The lowest BCUT2D eigenvalue weighted by Gasteiger charge is -2.23. The Labute approximate surface area is 96.6 Å². The summed E-state index contributed by atoms with van der Waals surface area (Å²) in [7, 11) is 1.63. The van der Waals surface area contributed by atoms with Gasteiger partial charge in [0.05, 0.1) is 12.6 Å². The number of amides is 2. The number of carbonyl (C=O) groups is 2. The molecule has 1 heterocycles. The summed E-state index contributed by atoms with van der Waals surface area (Å²) in [4.78, 5) is 26.6. The highest BCUT2D eigenvalue weighted by atomic mass is 16.2. The summed E-state index contributed by atoms with van der Waals surface area (Å²) in [5.74, 6) is -0.133. The summed E-state index contributed by atoms with van der Waals surface area (Å²) in [5, 5.41) is 0. The van der Waals surface area contributed by atoms with Crippen LogP contribution in [0.4, 0.5) is 0 Å². The normalized spacial score (nSPS) is 17.3. The molecule has 1 rings (SSSR count). The number of rotatable bonds is 4. The molecule has 1 aliphatic heterocycles. The molecule has 2 N–H and O–H groups in total. The van der Waals surface area contributed by atoms with Crippen molar-refractivity contribution in [2.75, 3.05) is 26.7 Å². The van der Waals surface area contributed by atoms with E-state index in [9.17, 15) is 9.59 Å². The maximum absolute atomic E-state index is 11.8. The number of carbonyl (C=O) groups excluding carboxylic acids is 2. The van der Waals surface area contributed by atoms with Crippen LogP contribution in [-0.2, 0) is 9.59 Å². The average molecular weight is 227 g/mol. The predicted molar refractivity (Wildman–Crippen MR) is 61.7 cm³/mol. The molecule has 0 bridgehead atoms. The Morgan fingerprint density at radius 1 is 1.38 bits per heavy atom. The van der Waals surface area contributed by atoms with E-state index in [4.69, 9.17) is 5.73 Å². The van der Waals surface area contributed by atoms with Gasteiger partial charge in [-0.15, -0.1) is 0 Å². The smallest absolute Gasteiger partial charge is 0.242 e. The standard InChI is InChI=1S/C11H21N3O2/c1-3-9(12)11(16)13(2)8-10(15)14-6-4-5-7-14/h9H,3-8,12H2,1-2H3. The number of likely N-dealkylation sites (tertiary alicyclic amines) is 1. The zero-order valence-electron chi connectivity index (χ0n) is 10.1. The van der Waals surface area contributed by atoms with Crippen molar-refractivity contribution in [2.24, 2.45) is 5.73 Å². The minimum absolute atomic E-state index is 0.0247. The van der Waals surface area contributed by atoms with Gasteiger partial charge in [-0.05, 0) is 19.3 Å². The molecule has 0 aromatic rings. The second-order valence-corrected chi connectivity index (χ2v) is 4.30. The van der Waals surface area contributed by atoms with Crippen LogP contribution in [0.5, 0.6) is 0 Å². The van der Waals surface area contributed by atoms with Crippen LogP contribution in [0, 0.1) is 0 Å². The van der Waals surface area contributed by atoms with E-state index >= 15 is 0 Å². The molecule has 5 heteroatoms. The van der Waals surface area contributed by atoms with Crippen molar-refractivity contribution in [2.45, 2.75) is 32.2 Å². The molecule has 1 fully saturated rings. The van der Waals surface area contributed by atoms with Crippen LogP contribution < -0.4 is 5.73 Å². The second kappa shape index (κ2) is 5.84. The summed E-state index contributed by atoms with van der Waals surface area (Å²) in [6.07, 6.45) is 2.73. The molecule has 2 amide bonds. The first-order chi connectivity index (χ1) is 7.56.